The van der Waals surface area contributed by atoms with E-state index in [1.54, 1.807) is 24.3 Å². The number of nitrogens with zero attached hydrogens (tertiary/aromatic N) is 4. The number of carbonyl (C=O) groups excluding carboxylic acids is 1. The van der Waals surface area contributed by atoms with Crippen LogP contribution in [0.15, 0.2) is 42.9 Å². The highest BCUT2D eigenvalue weighted by atomic mass is 16.2. The van der Waals surface area contributed by atoms with Gasteiger partial charge in [0.2, 0.25) is 0 Å². The van der Waals surface area contributed by atoms with Crippen LogP contribution in [0.3, 0.4) is 0 Å². The average molecular weight is 339 g/mol. The largest absolute Gasteiger partial charge is 0.323 e. The average Bonchev–Trinajstić information content (AvgIpc) is 3.04. The van der Waals surface area contributed by atoms with Gasteiger partial charge in [-0.1, -0.05) is 12.2 Å². The van der Waals surface area contributed by atoms with Gasteiger partial charge in [-0.15, -0.1) is 0 Å². The lowest BCUT2D eigenvalue weighted by Gasteiger charge is -2.21. The zero-order valence-corrected chi connectivity index (χ0v) is 14.9. The van der Waals surface area contributed by atoms with Gasteiger partial charge >= 0.3 is 6.03 Å². The zero-order valence-electron chi connectivity index (χ0n) is 14.9. The third-order valence-electron chi connectivity index (χ3n) is 4.65. The minimum atomic E-state index is -0.137. The number of anilines is 1. The summed E-state index contributed by atoms with van der Waals surface area (Å²) in [4.78, 5) is 18.3. The van der Waals surface area contributed by atoms with E-state index in [2.05, 4.69) is 27.6 Å². The van der Waals surface area contributed by atoms with Gasteiger partial charge in [-0.25, -0.2) is 9.48 Å². The molecule has 0 saturated heterocycles. The van der Waals surface area contributed by atoms with E-state index in [-0.39, 0.29) is 6.03 Å². The smallest absolute Gasteiger partial charge is 0.323 e. The monoisotopic (exact) mass is 339 g/mol. The molecule has 2 aromatic rings. The summed E-state index contributed by atoms with van der Waals surface area (Å²) in [5.74, 6) is 1.33. The van der Waals surface area contributed by atoms with Crippen LogP contribution in [-0.4, -0.2) is 32.7 Å². The Labute approximate surface area is 148 Å². The second kappa shape index (κ2) is 7.96. The van der Waals surface area contributed by atoms with Gasteiger partial charge in [0.25, 0.3) is 0 Å². The predicted octanol–water partition coefficient (Wildman–Crippen LogP) is 3.61. The third kappa shape index (κ3) is 4.47. The van der Waals surface area contributed by atoms with Crippen molar-refractivity contribution in [3.63, 3.8) is 0 Å². The fraction of sp³-hybridized carbons (Fsp3) is 0.421. The Morgan fingerprint density at radius 2 is 2.24 bits per heavy atom. The zero-order chi connectivity index (χ0) is 17.6. The van der Waals surface area contributed by atoms with Crippen molar-refractivity contribution in [1.29, 1.82) is 0 Å². The summed E-state index contributed by atoms with van der Waals surface area (Å²) < 4.78 is 1.90. The summed E-state index contributed by atoms with van der Waals surface area (Å²) >= 11 is 0. The van der Waals surface area contributed by atoms with Crippen molar-refractivity contribution in [3.8, 4) is 0 Å². The summed E-state index contributed by atoms with van der Waals surface area (Å²) in [6, 6.07) is 3.66. The molecule has 0 saturated carbocycles. The Morgan fingerprint density at radius 3 is 3.00 bits per heavy atom. The van der Waals surface area contributed by atoms with Crippen molar-refractivity contribution >= 4 is 11.8 Å². The van der Waals surface area contributed by atoms with Crippen LogP contribution in [0.5, 0.6) is 0 Å². The van der Waals surface area contributed by atoms with E-state index < -0.39 is 0 Å². The van der Waals surface area contributed by atoms with Crippen molar-refractivity contribution in [2.45, 2.75) is 39.3 Å². The molecule has 132 valence electrons. The van der Waals surface area contributed by atoms with Crippen LogP contribution in [0.25, 0.3) is 0 Å². The molecule has 0 bridgehead atoms. The van der Waals surface area contributed by atoms with Gasteiger partial charge in [-0.3, -0.25) is 10.3 Å². The van der Waals surface area contributed by atoms with E-state index in [1.165, 1.54) is 6.42 Å². The number of allylic oxidation sites excluding steroid dienone is 2. The lowest BCUT2D eigenvalue weighted by atomic mass is 9.94. The van der Waals surface area contributed by atoms with Gasteiger partial charge in [0.05, 0.1) is 6.20 Å². The molecule has 0 unspecified atom stereocenters. The molecule has 6 heteroatoms. The molecule has 1 aliphatic carbocycles. The number of hydrogen-bond donors (Lipinski definition) is 1. The summed E-state index contributed by atoms with van der Waals surface area (Å²) in [5.41, 5.74) is 2.17. The van der Waals surface area contributed by atoms with Crippen LogP contribution in [0.4, 0.5) is 10.6 Å². The maximum absolute atomic E-state index is 12.5. The number of pyridine rings is 1. The van der Waals surface area contributed by atoms with Gasteiger partial charge in [-0.05, 0) is 49.3 Å². The number of aryl methyl sites for hydroxylation is 1. The lowest BCUT2D eigenvalue weighted by molar-refractivity contribution is 0.220. The first-order valence-electron chi connectivity index (χ1n) is 8.72. The number of rotatable bonds is 5. The molecule has 0 aliphatic heterocycles. The van der Waals surface area contributed by atoms with Gasteiger partial charge < -0.3 is 4.90 Å². The summed E-state index contributed by atoms with van der Waals surface area (Å²) in [7, 11) is 1.79. The molecule has 1 aliphatic rings. The van der Waals surface area contributed by atoms with E-state index in [9.17, 15) is 4.79 Å². The van der Waals surface area contributed by atoms with Crippen molar-refractivity contribution in [2.75, 3.05) is 12.4 Å². The van der Waals surface area contributed by atoms with E-state index in [4.69, 9.17) is 0 Å². The molecule has 0 fully saturated rings. The van der Waals surface area contributed by atoms with Gasteiger partial charge in [-0.2, -0.15) is 5.10 Å². The molecule has 1 atom stereocenters. The molecule has 0 aromatic carbocycles. The van der Waals surface area contributed by atoms with Crippen LogP contribution in [0.2, 0.25) is 0 Å². The first-order chi connectivity index (χ1) is 12.1. The summed E-state index contributed by atoms with van der Waals surface area (Å²) in [5, 5.41) is 7.35. The minimum absolute atomic E-state index is 0.137. The predicted molar refractivity (Wildman–Crippen MR) is 98.2 cm³/mol. The molecular formula is C19H25N5O. The Balaban J connectivity index is 1.60. The Kier molecular flexibility index (Phi) is 5.48. The maximum atomic E-state index is 12.5. The number of carbonyl (C=O) groups is 1. The Bertz CT molecular complexity index is 752. The number of amides is 2. The molecule has 2 aromatic heterocycles. The second-order valence-corrected chi connectivity index (χ2v) is 6.64. The summed E-state index contributed by atoms with van der Waals surface area (Å²) in [6.07, 6.45) is 13.2. The highest BCUT2D eigenvalue weighted by Gasteiger charge is 2.16. The molecule has 2 amide bonds. The number of nitrogens with one attached hydrogen (secondary N) is 1. The van der Waals surface area contributed by atoms with Crippen molar-refractivity contribution in [2.24, 2.45) is 5.92 Å². The first-order valence-corrected chi connectivity index (χ1v) is 8.72. The van der Waals surface area contributed by atoms with Crippen LogP contribution < -0.4 is 5.32 Å². The minimum Gasteiger partial charge on any atom is -0.323 e. The first kappa shape index (κ1) is 17.2. The normalized spacial score (nSPS) is 16.6. The van der Waals surface area contributed by atoms with Crippen LogP contribution >= 0.6 is 0 Å². The molecule has 6 nitrogen and oxygen atoms in total. The molecule has 1 N–H and O–H groups in total. The van der Waals surface area contributed by atoms with Gasteiger partial charge in [0.1, 0.15) is 5.82 Å². The van der Waals surface area contributed by atoms with Crippen molar-refractivity contribution in [3.05, 3.63) is 54.0 Å². The number of hydrogen-bond acceptors (Lipinski definition) is 3. The van der Waals surface area contributed by atoms with E-state index in [1.807, 2.05) is 29.9 Å². The van der Waals surface area contributed by atoms with Crippen molar-refractivity contribution in [1.82, 2.24) is 19.7 Å². The topological polar surface area (TPSA) is 63.1 Å². The molecule has 0 spiro atoms. The van der Waals surface area contributed by atoms with Crippen LogP contribution in [-0.2, 0) is 13.1 Å². The highest BCUT2D eigenvalue weighted by Crippen LogP contribution is 2.21. The SMILES string of the molecule is Cc1cnccc1CN(C)C(=O)Nc1ccnn1C[C@@H]1CC=CCC1. The molecule has 25 heavy (non-hydrogen) atoms. The van der Waals surface area contributed by atoms with E-state index >= 15 is 0 Å². The molecular weight excluding hydrogens is 314 g/mol. The van der Waals surface area contributed by atoms with Gasteiger partial charge in [0.15, 0.2) is 0 Å². The Morgan fingerprint density at radius 1 is 1.36 bits per heavy atom. The lowest BCUT2D eigenvalue weighted by Crippen LogP contribution is -2.32. The van der Waals surface area contributed by atoms with Crippen molar-refractivity contribution < 1.29 is 4.79 Å². The second-order valence-electron chi connectivity index (χ2n) is 6.64. The van der Waals surface area contributed by atoms with Crippen LogP contribution in [0, 0.1) is 12.8 Å². The quantitative estimate of drug-likeness (QED) is 0.847. The fourth-order valence-corrected chi connectivity index (χ4v) is 3.06. The summed E-state index contributed by atoms with van der Waals surface area (Å²) in [6.45, 7) is 3.38. The number of aromatic nitrogens is 3. The van der Waals surface area contributed by atoms with E-state index in [0.717, 1.165) is 36.3 Å². The molecule has 2 heterocycles. The molecule has 3 rings (SSSR count). The number of urea groups is 1. The third-order valence-corrected chi connectivity index (χ3v) is 4.65. The van der Waals surface area contributed by atoms with E-state index in [0.29, 0.717) is 12.5 Å². The van der Waals surface area contributed by atoms with Gasteiger partial charge in [0, 0.05) is 38.6 Å². The maximum Gasteiger partial charge on any atom is 0.323 e. The Hall–Kier alpha value is -2.63. The highest BCUT2D eigenvalue weighted by molar-refractivity contribution is 5.88. The van der Waals surface area contributed by atoms with Crippen LogP contribution in [0.1, 0.15) is 30.4 Å². The molecule has 0 radical (unpaired) electrons. The fourth-order valence-electron chi connectivity index (χ4n) is 3.06. The standard InChI is InChI=1S/C19H25N5O/c1-15-12-20-10-8-17(15)14-23(2)19(25)22-18-9-11-21-24(18)13-16-6-4-3-5-7-16/h3-4,8-12,16H,5-7,13-14H2,1-2H3,(H,22,25)/t16-/m1/s1.